The molecule has 1 fully saturated rings. The highest BCUT2D eigenvalue weighted by molar-refractivity contribution is 7.90. The van der Waals surface area contributed by atoms with Gasteiger partial charge in [-0.15, -0.1) is 11.3 Å². The van der Waals surface area contributed by atoms with Crippen molar-refractivity contribution in [1.29, 1.82) is 0 Å². The van der Waals surface area contributed by atoms with E-state index in [1.54, 1.807) is 35.6 Å². The van der Waals surface area contributed by atoms with Crippen molar-refractivity contribution < 1.29 is 13.2 Å². The molecule has 0 N–H and O–H groups in total. The molecule has 4 rings (SSSR count). The van der Waals surface area contributed by atoms with Crippen molar-refractivity contribution in [2.75, 3.05) is 37.3 Å². The van der Waals surface area contributed by atoms with Gasteiger partial charge in [-0.2, -0.15) is 0 Å². The second kappa shape index (κ2) is 7.65. The summed E-state index contributed by atoms with van der Waals surface area (Å²) in [5.74, 6) is 0.0233. The van der Waals surface area contributed by atoms with Crippen LogP contribution in [0.25, 0.3) is 16.3 Å². The van der Waals surface area contributed by atoms with Crippen LogP contribution in [0.5, 0.6) is 0 Å². The maximum Gasteiger partial charge on any atom is 0.246 e. The fourth-order valence-electron chi connectivity index (χ4n) is 3.02. The maximum absolute atomic E-state index is 12.4. The lowest BCUT2D eigenvalue weighted by molar-refractivity contribution is -0.126. The van der Waals surface area contributed by atoms with E-state index in [9.17, 15) is 13.2 Å². The summed E-state index contributed by atoms with van der Waals surface area (Å²) in [6, 6.07) is 8.97. The molecule has 0 bridgehead atoms. The van der Waals surface area contributed by atoms with Crippen molar-refractivity contribution in [3.05, 3.63) is 46.7 Å². The lowest BCUT2D eigenvalue weighted by Crippen LogP contribution is -2.48. The normalized spacial score (nSPS) is 15.6. The monoisotopic (exact) mass is 433 g/mol. The number of aromatic nitrogens is 1. The van der Waals surface area contributed by atoms with Crippen molar-refractivity contribution in [1.82, 2.24) is 9.88 Å². The summed E-state index contributed by atoms with van der Waals surface area (Å²) >= 11 is 3.09. The lowest BCUT2D eigenvalue weighted by atomic mass is 10.3. The standard InChI is InChI=1S/C19H19N3O3S3/c1-28(24,25)15-5-6-16-17(13-15)27-19(20-16)22-10-8-21(9-11-22)18(23)7-4-14-3-2-12-26-14/h2-7,12-13H,8-11H2,1H3. The molecular weight excluding hydrogens is 414 g/mol. The number of piperazine rings is 1. The van der Waals surface area contributed by atoms with Gasteiger partial charge in [0.05, 0.1) is 15.1 Å². The molecule has 3 aromatic rings. The molecule has 2 aromatic heterocycles. The predicted molar refractivity (Wildman–Crippen MR) is 115 cm³/mol. The lowest BCUT2D eigenvalue weighted by Gasteiger charge is -2.34. The summed E-state index contributed by atoms with van der Waals surface area (Å²) < 4.78 is 24.3. The average molecular weight is 434 g/mol. The Kier molecular flexibility index (Phi) is 5.22. The second-order valence-electron chi connectivity index (χ2n) is 6.56. The molecule has 9 heteroatoms. The molecule has 146 valence electrons. The Hall–Kier alpha value is -2.23. The molecule has 0 saturated carbocycles. The molecule has 0 spiro atoms. The Morgan fingerprint density at radius 1 is 1.18 bits per heavy atom. The van der Waals surface area contributed by atoms with Gasteiger partial charge in [-0.25, -0.2) is 13.4 Å². The third kappa shape index (κ3) is 4.11. The maximum atomic E-state index is 12.4. The van der Waals surface area contributed by atoms with Crippen molar-refractivity contribution >= 4 is 59.8 Å². The van der Waals surface area contributed by atoms with E-state index in [2.05, 4.69) is 9.88 Å². The van der Waals surface area contributed by atoms with Crippen LogP contribution in [-0.4, -0.2) is 56.6 Å². The van der Waals surface area contributed by atoms with Crippen LogP contribution in [0.1, 0.15) is 4.88 Å². The summed E-state index contributed by atoms with van der Waals surface area (Å²) in [6.45, 7) is 2.69. The van der Waals surface area contributed by atoms with Gasteiger partial charge in [0, 0.05) is 43.4 Å². The van der Waals surface area contributed by atoms with Gasteiger partial charge >= 0.3 is 0 Å². The van der Waals surface area contributed by atoms with E-state index in [-0.39, 0.29) is 5.91 Å². The van der Waals surface area contributed by atoms with E-state index < -0.39 is 9.84 Å². The Morgan fingerprint density at radius 2 is 1.96 bits per heavy atom. The minimum absolute atomic E-state index is 0.0233. The highest BCUT2D eigenvalue weighted by Gasteiger charge is 2.22. The first-order valence-electron chi connectivity index (χ1n) is 8.76. The topological polar surface area (TPSA) is 70.6 Å². The molecule has 28 heavy (non-hydrogen) atoms. The van der Waals surface area contributed by atoms with Crippen molar-refractivity contribution in [2.24, 2.45) is 0 Å². The van der Waals surface area contributed by atoms with Crippen LogP contribution in [0.2, 0.25) is 0 Å². The number of benzene rings is 1. The summed E-state index contributed by atoms with van der Waals surface area (Å²) in [6.07, 6.45) is 4.69. The van der Waals surface area contributed by atoms with Gasteiger partial charge in [-0.05, 0) is 35.7 Å². The Balaban J connectivity index is 1.42. The SMILES string of the molecule is CS(=O)(=O)c1ccc2nc(N3CCN(C(=O)C=Cc4cccs4)CC3)sc2c1. The van der Waals surface area contributed by atoms with E-state index >= 15 is 0 Å². The summed E-state index contributed by atoms with van der Waals surface area (Å²) in [5, 5.41) is 2.85. The van der Waals surface area contributed by atoms with Crippen LogP contribution >= 0.6 is 22.7 Å². The third-order valence-electron chi connectivity index (χ3n) is 4.57. The quantitative estimate of drug-likeness (QED) is 0.591. The number of anilines is 1. The van der Waals surface area contributed by atoms with Gasteiger partial charge < -0.3 is 9.80 Å². The first-order valence-corrected chi connectivity index (χ1v) is 12.3. The number of carbonyl (C=O) groups excluding carboxylic acids is 1. The first kappa shape index (κ1) is 19.1. The van der Waals surface area contributed by atoms with Crippen LogP contribution in [0, 0.1) is 0 Å². The molecule has 1 saturated heterocycles. The fraction of sp³-hybridized carbons (Fsp3) is 0.263. The van der Waals surface area contributed by atoms with Crippen molar-refractivity contribution in [3.8, 4) is 0 Å². The van der Waals surface area contributed by atoms with E-state index in [1.165, 1.54) is 17.6 Å². The number of thiophene rings is 1. The van der Waals surface area contributed by atoms with E-state index in [0.29, 0.717) is 31.1 Å². The third-order valence-corrected chi connectivity index (χ3v) is 7.60. The molecule has 0 unspecified atom stereocenters. The Morgan fingerprint density at radius 3 is 2.64 bits per heavy atom. The molecule has 0 atom stereocenters. The number of carbonyl (C=O) groups is 1. The molecule has 1 aliphatic heterocycles. The predicted octanol–water partition coefficient (Wildman–Crippen LogP) is 3.12. The number of rotatable bonds is 4. The van der Waals surface area contributed by atoms with Crippen LogP contribution in [0.15, 0.2) is 46.7 Å². The molecule has 1 amide bonds. The van der Waals surface area contributed by atoms with E-state index in [4.69, 9.17) is 0 Å². The van der Waals surface area contributed by atoms with Gasteiger partial charge in [0.1, 0.15) is 0 Å². The number of hydrogen-bond donors (Lipinski definition) is 0. The van der Waals surface area contributed by atoms with Gasteiger partial charge in [-0.1, -0.05) is 17.4 Å². The number of amides is 1. The van der Waals surface area contributed by atoms with Gasteiger partial charge in [0.15, 0.2) is 15.0 Å². The van der Waals surface area contributed by atoms with Gasteiger partial charge in [-0.3, -0.25) is 4.79 Å². The largest absolute Gasteiger partial charge is 0.345 e. The minimum atomic E-state index is -3.23. The highest BCUT2D eigenvalue weighted by Crippen LogP contribution is 2.31. The van der Waals surface area contributed by atoms with Gasteiger partial charge in [0.2, 0.25) is 5.91 Å². The number of fused-ring (bicyclic) bond motifs is 1. The number of hydrogen-bond acceptors (Lipinski definition) is 7. The minimum Gasteiger partial charge on any atom is -0.345 e. The molecular formula is C19H19N3O3S3. The van der Waals surface area contributed by atoms with Crippen LogP contribution in [-0.2, 0) is 14.6 Å². The zero-order valence-corrected chi connectivity index (χ0v) is 17.7. The van der Waals surface area contributed by atoms with Crippen LogP contribution in [0.3, 0.4) is 0 Å². The summed E-state index contributed by atoms with van der Waals surface area (Å²) in [5.41, 5.74) is 0.796. The molecule has 0 aliphatic carbocycles. The molecule has 6 nitrogen and oxygen atoms in total. The number of nitrogens with zero attached hydrogens (tertiary/aromatic N) is 3. The van der Waals surface area contributed by atoms with E-state index in [0.717, 1.165) is 20.2 Å². The zero-order chi connectivity index (χ0) is 19.7. The second-order valence-corrected chi connectivity index (χ2v) is 10.6. The Labute approximate surface area is 171 Å². The molecule has 1 aromatic carbocycles. The summed E-state index contributed by atoms with van der Waals surface area (Å²) in [4.78, 5) is 22.4. The number of sulfone groups is 1. The Bertz CT molecular complexity index is 1130. The van der Waals surface area contributed by atoms with Crippen molar-refractivity contribution in [3.63, 3.8) is 0 Å². The number of thiazole rings is 1. The average Bonchev–Trinajstić information content (AvgIpc) is 3.34. The molecule has 1 aliphatic rings. The van der Waals surface area contributed by atoms with Crippen LogP contribution in [0.4, 0.5) is 5.13 Å². The van der Waals surface area contributed by atoms with Gasteiger partial charge in [0.25, 0.3) is 0 Å². The smallest absolute Gasteiger partial charge is 0.246 e. The van der Waals surface area contributed by atoms with Crippen molar-refractivity contribution in [2.45, 2.75) is 4.90 Å². The fourth-order valence-corrected chi connectivity index (χ4v) is 5.42. The summed E-state index contributed by atoms with van der Waals surface area (Å²) in [7, 11) is -3.23. The zero-order valence-electron chi connectivity index (χ0n) is 15.2. The first-order chi connectivity index (χ1) is 13.4. The van der Waals surface area contributed by atoms with Crippen LogP contribution < -0.4 is 4.90 Å². The molecule has 0 radical (unpaired) electrons. The molecule has 3 heterocycles. The highest BCUT2D eigenvalue weighted by atomic mass is 32.2. The van der Waals surface area contributed by atoms with E-state index in [1.807, 2.05) is 28.5 Å².